The summed E-state index contributed by atoms with van der Waals surface area (Å²) in [5, 5.41) is 6.41. The first kappa shape index (κ1) is 16.7. The molecule has 0 aromatic carbocycles. The van der Waals surface area contributed by atoms with Gasteiger partial charge in [0.15, 0.2) is 5.13 Å². The average Bonchev–Trinajstić information content (AvgIpc) is 2.76. The third-order valence-electron chi connectivity index (χ3n) is 2.28. The van der Waals surface area contributed by atoms with Gasteiger partial charge in [-0.05, 0) is 13.8 Å². The fraction of sp³-hybridized carbons (Fsp3) is 0.667. The number of hydrogen-bond acceptors (Lipinski definition) is 7. The summed E-state index contributed by atoms with van der Waals surface area (Å²) in [5.74, 6) is 0.00402. The largest absolute Gasteiger partial charge is 0.383 e. The molecule has 0 saturated heterocycles. The third-order valence-corrected chi connectivity index (χ3v) is 3.31. The fourth-order valence-electron chi connectivity index (χ4n) is 1.37. The smallest absolute Gasteiger partial charge is 0.265 e. The minimum atomic E-state index is -0.229. The van der Waals surface area contributed by atoms with Gasteiger partial charge in [0.25, 0.3) is 5.91 Å². The van der Waals surface area contributed by atoms with Crippen LogP contribution in [0.15, 0.2) is 0 Å². The van der Waals surface area contributed by atoms with Crippen molar-refractivity contribution in [1.29, 1.82) is 0 Å². The van der Waals surface area contributed by atoms with Crippen molar-refractivity contribution in [2.45, 2.75) is 20.0 Å². The number of hydrogen-bond donors (Lipinski definition) is 3. The zero-order chi connectivity index (χ0) is 15.0. The lowest BCUT2D eigenvalue weighted by atomic mass is 10.4. The molecule has 0 atom stereocenters. The number of ether oxygens (including phenoxy) is 2. The van der Waals surface area contributed by atoms with Gasteiger partial charge in [-0.15, -0.1) is 0 Å². The number of amides is 1. The first-order chi connectivity index (χ1) is 9.54. The van der Waals surface area contributed by atoms with Crippen molar-refractivity contribution in [3.05, 3.63) is 4.88 Å². The molecule has 114 valence electrons. The molecule has 20 heavy (non-hydrogen) atoms. The number of carbonyl (C=O) groups is 1. The van der Waals surface area contributed by atoms with Gasteiger partial charge in [-0.3, -0.25) is 4.79 Å². The number of nitrogen functional groups attached to an aromatic ring is 1. The normalized spacial score (nSPS) is 10.8. The fourth-order valence-corrected chi connectivity index (χ4v) is 2.20. The van der Waals surface area contributed by atoms with Crippen molar-refractivity contribution >= 4 is 28.2 Å². The second-order valence-electron chi connectivity index (χ2n) is 4.33. The van der Waals surface area contributed by atoms with Gasteiger partial charge in [-0.2, -0.15) is 0 Å². The van der Waals surface area contributed by atoms with Crippen LogP contribution in [0.1, 0.15) is 23.5 Å². The van der Waals surface area contributed by atoms with Crippen LogP contribution in [0.4, 0.5) is 10.9 Å². The van der Waals surface area contributed by atoms with Crippen LogP contribution in [0.3, 0.4) is 0 Å². The number of carbonyl (C=O) groups excluding carboxylic acids is 1. The molecule has 0 radical (unpaired) electrons. The van der Waals surface area contributed by atoms with Crippen LogP contribution in [-0.4, -0.2) is 50.4 Å². The van der Waals surface area contributed by atoms with E-state index in [1.807, 2.05) is 13.8 Å². The van der Waals surface area contributed by atoms with Crippen molar-refractivity contribution in [3.8, 4) is 0 Å². The quantitative estimate of drug-likeness (QED) is 0.587. The highest BCUT2D eigenvalue weighted by atomic mass is 32.1. The highest BCUT2D eigenvalue weighted by Gasteiger charge is 2.15. The third kappa shape index (κ3) is 5.72. The Balaban J connectivity index is 2.43. The summed E-state index contributed by atoms with van der Waals surface area (Å²) >= 11 is 1.23. The van der Waals surface area contributed by atoms with Gasteiger partial charge in [-0.1, -0.05) is 11.3 Å². The lowest BCUT2D eigenvalue weighted by molar-refractivity contribution is 0.0748. The summed E-state index contributed by atoms with van der Waals surface area (Å²) in [7, 11) is 1.62. The van der Waals surface area contributed by atoms with E-state index < -0.39 is 0 Å². The van der Waals surface area contributed by atoms with E-state index in [2.05, 4.69) is 15.6 Å². The van der Waals surface area contributed by atoms with Gasteiger partial charge in [0, 0.05) is 20.2 Å². The van der Waals surface area contributed by atoms with E-state index >= 15 is 0 Å². The molecule has 1 rings (SSSR count). The van der Waals surface area contributed by atoms with Crippen LogP contribution in [0.2, 0.25) is 0 Å². The number of nitrogens with zero attached hydrogens (tertiary/aromatic N) is 1. The number of methoxy groups -OCH3 is 1. The maximum atomic E-state index is 11.9. The lowest BCUT2D eigenvalue weighted by Crippen LogP contribution is -2.28. The molecule has 7 nitrogen and oxygen atoms in total. The molecular formula is C12H22N4O3S. The van der Waals surface area contributed by atoms with Crippen LogP contribution in [0.25, 0.3) is 0 Å². The van der Waals surface area contributed by atoms with Crippen molar-refractivity contribution < 1.29 is 14.3 Å². The first-order valence-electron chi connectivity index (χ1n) is 6.43. The summed E-state index contributed by atoms with van der Waals surface area (Å²) in [6.45, 7) is 5.99. The van der Waals surface area contributed by atoms with Gasteiger partial charge in [-0.25, -0.2) is 4.98 Å². The minimum Gasteiger partial charge on any atom is -0.383 e. The molecule has 0 saturated carbocycles. The predicted molar refractivity (Wildman–Crippen MR) is 80.3 cm³/mol. The molecule has 0 fully saturated rings. The average molecular weight is 302 g/mol. The van der Waals surface area contributed by atoms with Gasteiger partial charge >= 0.3 is 0 Å². The summed E-state index contributed by atoms with van der Waals surface area (Å²) in [6, 6.07) is 0. The van der Waals surface area contributed by atoms with Crippen LogP contribution in [-0.2, 0) is 9.47 Å². The van der Waals surface area contributed by atoms with E-state index in [0.717, 1.165) is 0 Å². The number of nitrogens with two attached hydrogens (primary N) is 1. The molecule has 0 unspecified atom stereocenters. The van der Waals surface area contributed by atoms with Crippen molar-refractivity contribution in [1.82, 2.24) is 10.3 Å². The highest BCUT2D eigenvalue weighted by Crippen LogP contribution is 2.24. The number of anilines is 2. The lowest BCUT2D eigenvalue weighted by Gasteiger charge is -2.07. The Labute approximate surface area is 122 Å². The van der Waals surface area contributed by atoms with Crippen molar-refractivity contribution in [2.24, 2.45) is 0 Å². The number of rotatable bonds is 9. The SMILES string of the molecule is COCCNc1nc(N)c(C(=O)NCCOC(C)C)s1. The standard InChI is InChI=1S/C12H22N4O3S/c1-8(2)19-7-5-14-11(17)9-10(13)16-12(20-9)15-4-6-18-3/h8H,4-7,13H2,1-3H3,(H,14,17)(H,15,16). The maximum absolute atomic E-state index is 11.9. The highest BCUT2D eigenvalue weighted by molar-refractivity contribution is 7.18. The van der Waals surface area contributed by atoms with E-state index in [0.29, 0.717) is 36.3 Å². The van der Waals surface area contributed by atoms with E-state index in [4.69, 9.17) is 15.2 Å². The van der Waals surface area contributed by atoms with Crippen LogP contribution >= 0.6 is 11.3 Å². The Kier molecular flexibility index (Phi) is 7.27. The minimum absolute atomic E-state index is 0.150. The van der Waals surface area contributed by atoms with Crippen LogP contribution in [0.5, 0.6) is 0 Å². The van der Waals surface area contributed by atoms with E-state index in [9.17, 15) is 4.79 Å². The zero-order valence-corrected chi connectivity index (χ0v) is 12.9. The van der Waals surface area contributed by atoms with Gasteiger partial charge < -0.3 is 25.8 Å². The van der Waals surface area contributed by atoms with E-state index in [-0.39, 0.29) is 17.8 Å². The van der Waals surface area contributed by atoms with Gasteiger partial charge in [0.2, 0.25) is 0 Å². The second-order valence-corrected chi connectivity index (χ2v) is 5.33. The molecule has 1 aromatic heterocycles. The topological polar surface area (TPSA) is 98.5 Å². The monoisotopic (exact) mass is 302 g/mol. The molecule has 1 heterocycles. The van der Waals surface area contributed by atoms with Crippen molar-refractivity contribution in [2.75, 3.05) is 44.5 Å². The molecule has 0 spiro atoms. The molecule has 0 bridgehead atoms. The number of thiazole rings is 1. The summed E-state index contributed by atoms with van der Waals surface area (Å²) in [6.07, 6.45) is 0.150. The Morgan fingerprint density at radius 2 is 2.15 bits per heavy atom. The molecule has 1 amide bonds. The Bertz CT molecular complexity index is 423. The molecule has 0 aliphatic heterocycles. The molecule has 8 heteroatoms. The van der Waals surface area contributed by atoms with E-state index in [1.165, 1.54) is 11.3 Å². The second kappa shape index (κ2) is 8.72. The summed E-state index contributed by atoms with van der Waals surface area (Å²) in [5.41, 5.74) is 5.73. The molecule has 4 N–H and O–H groups in total. The number of aromatic nitrogens is 1. The molecule has 0 aliphatic carbocycles. The van der Waals surface area contributed by atoms with Gasteiger partial charge in [0.1, 0.15) is 10.7 Å². The van der Waals surface area contributed by atoms with Gasteiger partial charge in [0.05, 0.1) is 19.3 Å². The molecular weight excluding hydrogens is 280 g/mol. The first-order valence-corrected chi connectivity index (χ1v) is 7.25. The molecule has 1 aromatic rings. The Hall–Kier alpha value is -1.38. The summed E-state index contributed by atoms with van der Waals surface area (Å²) < 4.78 is 10.3. The van der Waals surface area contributed by atoms with Crippen LogP contribution in [0, 0.1) is 0 Å². The zero-order valence-electron chi connectivity index (χ0n) is 12.1. The Morgan fingerprint density at radius 3 is 2.80 bits per heavy atom. The predicted octanol–water partition coefficient (Wildman–Crippen LogP) is 0.938. The van der Waals surface area contributed by atoms with Crippen molar-refractivity contribution in [3.63, 3.8) is 0 Å². The molecule has 0 aliphatic rings. The van der Waals surface area contributed by atoms with E-state index in [1.54, 1.807) is 7.11 Å². The summed E-state index contributed by atoms with van der Waals surface area (Å²) in [4.78, 5) is 16.4. The Morgan fingerprint density at radius 1 is 1.40 bits per heavy atom. The van der Waals surface area contributed by atoms with Crippen LogP contribution < -0.4 is 16.4 Å². The number of nitrogens with one attached hydrogen (secondary N) is 2. The maximum Gasteiger partial charge on any atom is 0.265 e.